The number of ether oxygens (including phenoxy) is 3. The van der Waals surface area contributed by atoms with Gasteiger partial charge in [0.15, 0.2) is 5.11 Å². The molecule has 3 aromatic rings. The van der Waals surface area contributed by atoms with Gasteiger partial charge in [0.2, 0.25) is 5.91 Å². The van der Waals surface area contributed by atoms with Crippen molar-refractivity contribution < 1.29 is 28.6 Å². The molecule has 2 N–H and O–H groups in total. The third-order valence-electron chi connectivity index (χ3n) is 5.90. The van der Waals surface area contributed by atoms with E-state index in [1.54, 1.807) is 29.2 Å². The summed E-state index contributed by atoms with van der Waals surface area (Å²) in [7, 11) is 0. The molecule has 0 spiro atoms. The maximum atomic E-state index is 12.8. The summed E-state index contributed by atoms with van der Waals surface area (Å²) in [4.78, 5) is 39.4. The summed E-state index contributed by atoms with van der Waals surface area (Å²) in [6.45, 7) is 1.51. The van der Waals surface area contributed by atoms with Crippen LogP contribution in [0.5, 0.6) is 11.5 Å². The summed E-state index contributed by atoms with van der Waals surface area (Å²) in [6.07, 6.45) is -0.200. The topological polar surface area (TPSA) is 106 Å². The van der Waals surface area contributed by atoms with E-state index in [1.807, 2.05) is 60.7 Å². The van der Waals surface area contributed by atoms with Gasteiger partial charge in [-0.15, -0.1) is 0 Å². The van der Waals surface area contributed by atoms with E-state index in [9.17, 15) is 14.4 Å². The minimum absolute atomic E-state index is 0.0640. The Balaban J connectivity index is 1.26. The fourth-order valence-electron chi connectivity index (χ4n) is 3.89. The van der Waals surface area contributed by atoms with E-state index in [-0.39, 0.29) is 24.0 Å². The summed E-state index contributed by atoms with van der Waals surface area (Å²) < 4.78 is 16.6. The first-order valence-electron chi connectivity index (χ1n) is 12.5. The Bertz CT molecular complexity index is 1270. The van der Waals surface area contributed by atoms with Crippen molar-refractivity contribution in [1.29, 1.82) is 0 Å². The van der Waals surface area contributed by atoms with E-state index in [0.717, 1.165) is 11.3 Å². The molecule has 3 aromatic carbocycles. The molecule has 1 atom stereocenters. The second-order valence-corrected chi connectivity index (χ2v) is 9.03. The molecule has 2 amide bonds. The third kappa shape index (κ3) is 8.27. The van der Waals surface area contributed by atoms with Gasteiger partial charge in [-0.2, -0.15) is 0 Å². The predicted octanol–water partition coefficient (Wildman–Crippen LogP) is 3.09. The molecule has 1 aliphatic rings. The predicted molar refractivity (Wildman–Crippen MR) is 148 cm³/mol. The molecule has 1 saturated heterocycles. The van der Waals surface area contributed by atoms with Crippen LogP contribution in [-0.4, -0.2) is 60.1 Å². The first-order chi connectivity index (χ1) is 19.0. The number of piperazine rings is 1. The van der Waals surface area contributed by atoms with Gasteiger partial charge in [-0.3, -0.25) is 19.7 Å². The van der Waals surface area contributed by atoms with Gasteiger partial charge in [0, 0.05) is 18.7 Å². The molecule has 4 rings (SSSR count). The second-order valence-electron chi connectivity index (χ2n) is 8.64. The van der Waals surface area contributed by atoms with Crippen LogP contribution < -0.4 is 20.1 Å². The van der Waals surface area contributed by atoms with Crippen LogP contribution in [0.25, 0.3) is 0 Å². The number of benzene rings is 3. The van der Waals surface area contributed by atoms with Crippen molar-refractivity contribution in [2.24, 2.45) is 0 Å². The number of thiocarbonyl (C=S) groups is 1. The average Bonchev–Trinajstić information content (AvgIpc) is 2.96. The van der Waals surface area contributed by atoms with Crippen molar-refractivity contribution in [3.63, 3.8) is 0 Å². The van der Waals surface area contributed by atoms with Crippen molar-refractivity contribution in [2.45, 2.75) is 19.1 Å². The fraction of sp³-hybridized carbons (Fsp3) is 0.241. The van der Waals surface area contributed by atoms with E-state index in [0.29, 0.717) is 37.6 Å². The number of hydrogen-bond donors (Lipinski definition) is 2. The second kappa shape index (κ2) is 13.9. The minimum atomic E-state index is -0.885. The number of nitrogens with one attached hydrogen (secondary N) is 2. The number of nitrogens with zero attached hydrogens (tertiary/aromatic N) is 1. The largest absolute Gasteiger partial charge is 0.490 e. The lowest BCUT2D eigenvalue weighted by atomic mass is 10.1. The van der Waals surface area contributed by atoms with Crippen molar-refractivity contribution in [2.75, 3.05) is 26.3 Å². The zero-order valence-electron chi connectivity index (χ0n) is 21.2. The van der Waals surface area contributed by atoms with Crippen molar-refractivity contribution in [1.82, 2.24) is 15.5 Å². The number of para-hydroxylation sites is 1. The van der Waals surface area contributed by atoms with Crippen LogP contribution in [0.3, 0.4) is 0 Å². The molecule has 202 valence electrons. The van der Waals surface area contributed by atoms with Gasteiger partial charge in [0.25, 0.3) is 5.91 Å². The summed E-state index contributed by atoms with van der Waals surface area (Å²) in [5.41, 5.74) is 1.21. The Morgan fingerprint density at radius 1 is 0.897 bits per heavy atom. The van der Waals surface area contributed by atoms with Crippen LogP contribution in [0.1, 0.15) is 22.3 Å². The van der Waals surface area contributed by atoms with Gasteiger partial charge >= 0.3 is 5.97 Å². The lowest BCUT2D eigenvalue weighted by Gasteiger charge is -2.36. The first kappa shape index (κ1) is 27.6. The Labute approximate surface area is 232 Å². The zero-order valence-corrected chi connectivity index (χ0v) is 22.0. The SMILES string of the molecule is O=C(CC1C(=O)NCCN1C(=S)NC(=O)c1ccc(OCCOc2ccccc2)cc1)OCc1ccccc1. The third-order valence-corrected chi connectivity index (χ3v) is 6.23. The molecule has 0 bridgehead atoms. The highest BCUT2D eigenvalue weighted by Gasteiger charge is 2.34. The molecule has 0 aliphatic carbocycles. The minimum Gasteiger partial charge on any atom is -0.490 e. The standard InChI is InChI=1S/C29H29N3O6S/c33-26(38-20-21-7-3-1-4-8-21)19-25-28(35)30-15-16-32(25)29(39)31-27(34)22-11-13-24(14-12-22)37-18-17-36-23-9-5-2-6-10-23/h1-14,25H,15-20H2,(H,30,35)(H,31,34,39). The van der Waals surface area contributed by atoms with E-state index < -0.39 is 17.9 Å². The molecule has 0 saturated carbocycles. The van der Waals surface area contributed by atoms with Crippen LogP contribution >= 0.6 is 12.2 Å². The lowest BCUT2D eigenvalue weighted by molar-refractivity contribution is -0.148. The molecule has 0 aromatic heterocycles. The van der Waals surface area contributed by atoms with Gasteiger partial charge < -0.3 is 24.4 Å². The summed E-state index contributed by atoms with van der Waals surface area (Å²) in [5, 5.41) is 5.46. The Hall–Kier alpha value is -4.44. The molecular weight excluding hydrogens is 518 g/mol. The van der Waals surface area contributed by atoms with Crippen molar-refractivity contribution >= 4 is 35.1 Å². The number of carbonyl (C=O) groups excluding carboxylic acids is 3. The van der Waals surface area contributed by atoms with Crippen LogP contribution in [0.2, 0.25) is 0 Å². The van der Waals surface area contributed by atoms with Gasteiger partial charge in [-0.05, 0) is 54.2 Å². The van der Waals surface area contributed by atoms with Crippen molar-refractivity contribution in [3.05, 3.63) is 96.1 Å². The maximum absolute atomic E-state index is 12.8. The van der Waals surface area contributed by atoms with Gasteiger partial charge in [0.1, 0.15) is 37.4 Å². The van der Waals surface area contributed by atoms with Crippen LogP contribution in [-0.2, 0) is 20.9 Å². The van der Waals surface area contributed by atoms with Gasteiger partial charge in [-0.1, -0.05) is 48.5 Å². The maximum Gasteiger partial charge on any atom is 0.308 e. The summed E-state index contributed by atoms with van der Waals surface area (Å²) in [6, 6.07) is 24.4. The van der Waals surface area contributed by atoms with E-state index >= 15 is 0 Å². The lowest BCUT2D eigenvalue weighted by Crippen LogP contribution is -2.60. The Morgan fingerprint density at radius 2 is 1.51 bits per heavy atom. The van der Waals surface area contributed by atoms with Crippen LogP contribution in [0, 0.1) is 0 Å². The molecule has 0 radical (unpaired) electrons. The Morgan fingerprint density at radius 3 is 2.18 bits per heavy atom. The van der Waals surface area contributed by atoms with Gasteiger partial charge in [-0.25, -0.2) is 0 Å². The summed E-state index contributed by atoms with van der Waals surface area (Å²) >= 11 is 5.43. The zero-order chi connectivity index (χ0) is 27.5. The molecule has 1 aliphatic heterocycles. The molecule has 9 nitrogen and oxygen atoms in total. The molecule has 1 unspecified atom stereocenters. The number of carbonyl (C=O) groups is 3. The van der Waals surface area contributed by atoms with Crippen LogP contribution in [0.15, 0.2) is 84.9 Å². The number of amides is 2. The van der Waals surface area contributed by atoms with E-state index in [2.05, 4.69) is 10.6 Å². The molecule has 10 heteroatoms. The molecule has 39 heavy (non-hydrogen) atoms. The smallest absolute Gasteiger partial charge is 0.308 e. The monoisotopic (exact) mass is 547 g/mol. The fourth-order valence-corrected chi connectivity index (χ4v) is 4.21. The number of hydrogen-bond acceptors (Lipinski definition) is 7. The number of esters is 1. The average molecular weight is 548 g/mol. The van der Waals surface area contributed by atoms with Crippen LogP contribution in [0.4, 0.5) is 0 Å². The Kier molecular flexibility index (Phi) is 9.85. The van der Waals surface area contributed by atoms with E-state index in [1.165, 1.54) is 0 Å². The number of rotatable bonds is 10. The molecule has 1 fully saturated rings. The highest BCUT2D eigenvalue weighted by atomic mass is 32.1. The van der Waals surface area contributed by atoms with Crippen molar-refractivity contribution in [3.8, 4) is 11.5 Å². The highest BCUT2D eigenvalue weighted by Crippen LogP contribution is 2.15. The van der Waals surface area contributed by atoms with Gasteiger partial charge in [0.05, 0.1) is 6.42 Å². The highest BCUT2D eigenvalue weighted by molar-refractivity contribution is 7.80. The summed E-state index contributed by atoms with van der Waals surface area (Å²) in [5.74, 6) is 0.0292. The van der Waals surface area contributed by atoms with E-state index in [4.69, 9.17) is 26.4 Å². The normalized spacial score (nSPS) is 14.6. The quantitative estimate of drug-likeness (QED) is 0.227. The molecular formula is C29H29N3O6S. The first-order valence-corrected chi connectivity index (χ1v) is 12.9. The molecule has 1 heterocycles.